The van der Waals surface area contributed by atoms with Crippen molar-refractivity contribution in [1.82, 2.24) is 0 Å². The van der Waals surface area contributed by atoms with Crippen LogP contribution < -0.4 is 10.5 Å². The van der Waals surface area contributed by atoms with Crippen molar-refractivity contribution in [2.75, 3.05) is 13.2 Å². The van der Waals surface area contributed by atoms with Crippen LogP contribution in [0, 0.1) is 0 Å². The molecule has 1 aromatic carbocycles. The van der Waals surface area contributed by atoms with E-state index in [2.05, 4.69) is 38.8 Å². The number of para-hydroxylation sites is 1. The highest BCUT2D eigenvalue weighted by atomic mass is 79.9. The van der Waals surface area contributed by atoms with E-state index in [-0.39, 0.29) is 0 Å². The largest absolute Gasteiger partial charge is 0.492 e. The molecule has 96 valence electrons. The van der Waals surface area contributed by atoms with Crippen LogP contribution in [-0.4, -0.2) is 13.2 Å². The van der Waals surface area contributed by atoms with E-state index < -0.39 is 0 Å². The van der Waals surface area contributed by atoms with Crippen molar-refractivity contribution in [1.29, 1.82) is 0 Å². The normalized spacial score (nSPS) is 10.6. The Morgan fingerprint density at radius 3 is 2.83 bits per heavy atom. The average molecular weight is 326 g/mol. The van der Waals surface area contributed by atoms with Gasteiger partial charge in [0.15, 0.2) is 0 Å². The predicted molar refractivity (Wildman–Crippen MR) is 80.4 cm³/mol. The lowest BCUT2D eigenvalue weighted by Gasteiger charge is -2.12. The first-order valence-corrected chi connectivity index (χ1v) is 7.66. The van der Waals surface area contributed by atoms with Crippen LogP contribution in [0.3, 0.4) is 0 Å². The maximum atomic E-state index is 5.90. The van der Waals surface area contributed by atoms with Gasteiger partial charge in [-0.2, -0.15) is 11.3 Å². The molecule has 0 saturated heterocycles. The third kappa shape index (κ3) is 3.57. The van der Waals surface area contributed by atoms with Gasteiger partial charge < -0.3 is 10.5 Å². The van der Waals surface area contributed by atoms with Crippen LogP contribution in [0.5, 0.6) is 5.75 Å². The first kappa shape index (κ1) is 13.6. The number of halogens is 1. The number of ether oxygens (including phenoxy) is 1. The van der Waals surface area contributed by atoms with Gasteiger partial charge in [-0.05, 0) is 62.9 Å². The number of hydrogen-bond donors (Lipinski definition) is 1. The minimum absolute atomic E-state index is 0.636. The molecule has 2 N–H and O–H groups in total. The Bertz CT molecular complexity index is 485. The fourth-order valence-corrected chi connectivity index (χ4v) is 3.00. The highest BCUT2D eigenvalue weighted by Gasteiger charge is 2.07. The van der Waals surface area contributed by atoms with E-state index in [0.717, 1.165) is 28.6 Å². The zero-order chi connectivity index (χ0) is 12.8. The van der Waals surface area contributed by atoms with Crippen molar-refractivity contribution in [3.05, 3.63) is 50.6 Å². The van der Waals surface area contributed by atoms with Crippen LogP contribution in [-0.2, 0) is 12.8 Å². The van der Waals surface area contributed by atoms with Gasteiger partial charge in [-0.15, -0.1) is 0 Å². The molecule has 0 atom stereocenters. The van der Waals surface area contributed by atoms with Gasteiger partial charge in [-0.25, -0.2) is 0 Å². The van der Waals surface area contributed by atoms with Crippen LogP contribution in [0.15, 0.2) is 39.5 Å². The van der Waals surface area contributed by atoms with Crippen molar-refractivity contribution in [3.63, 3.8) is 0 Å². The van der Waals surface area contributed by atoms with E-state index in [1.807, 2.05) is 12.1 Å². The second-order valence-electron chi connectivity index (χ2n) is 4.00. The lowest BCUT2D eigenvalue weighted by atomic mass is 10.1. The van der Waals surface area contributed by atoms with Gasteiger partial charge in [-0.1, -0.05) is 12.1 Å². The Morgan fingerprint density at radius 2 is 2.11 bits per heavy atom. The predicted octanol–water partition coefficient (Wildman–Crippen LogP) is 3.63. The molecule has 0 aliphatic rings. The standard InChI is InChI=1S/C14H16BrNOS/c15-13-3-1-2-12(4-7-16)14(13)17-8-5-11-6-9-18-10-11/h1-3,6,9-10H,4-5,7-8,16H2. The van der Waals surface area contributed by atoms with E-state index in [0.29, 0.717) is 13.2 Å². The van der Waals surface area contributed by atoms with E-state index in [1.54, 1.807) is 11.3 Å². The second kappa shape index (κ2) is 6.92. The zero-order valence-corrected chi connectivity index (χ0v) is 12.5. The molecule has 0 radical (unpaired) electrons. The molecule has 0 unspecified atom stereocenters. The van der Waals surface area contributed by atoms with Crippen LogP contribution in [0.25, 0.3) is 0 Å². The first-order chi connectivity index (χ1) is 8.81. The molecular formula is C14H16BrNOS. The smallest absolute Gasteiger partial charge is 0.136 e. The number of thiophene rings is 1. The molecule has 0 saturated carbocycles. The van der Waals surface area contributed by atoms with Crippen LogP contribution in [0.1, 0.15) is 11.1 Å². The summed E-state index contributed by atoms with van der Waals surface area (Å²) in [6.45, 7) is 1.33. The molecular weight excluding hydrogens is 310 g/mol. The third-order valence-electron chi connectivity index (χ3n) is 2.68. The molecule has 1 heterocycles. The number of benzene rings is 1. The molecule has 2 rings (SSSR count). The Kier molecular flexibility index (Phi) is 5.23. The fraction of sp³-hybridized carbons (Fsp3) is 0.286. The molecule has 0 spiro atoms. The summed E-state index contributed by atoms with van der Waals surface area (Å²) >= 11 is 5.25. The molecule has 0 fully saturated rings. The first-order valence-electron chi connectivity index (χ1n) is 5.92. The molecule has 0 amide bonds. The molecule has 0 bridgehead atoms. The second-order valence-corrected chi connectivity index (χ2v) is 5.63. The highest BCUT2D eigenvalue weighted by Crippen LogP contribution is 2.29. The summed E-state index contributed by atoms with van der Waals surface area (Å²) in [5.41, 5.74) is 8.11. The Balaban J connectivity index is 1.99. The van der Waals surface area contributed by atoms with Crippen LogP contribution in [0.2, 0.25) is 0 Å². The summed E-state index contributed by atoms with van der Waals surface area (Å²) in [5, 5.41) is 4.25. The van der Waals surface area contributed by atoms with Crippen LogP contribution in [0.4, 0.5) is 0 Å². The summed E-state index contributed by atoms with van der Waals surface area (Å²) in [5.74, 6) is 0.929. The minimum atomic E-state index is 0.636. The quantitative estimate of drug-likeness (QED) is 0.880. The summed E-state index contributed by atoms with van der Waals surface area (Å²) in [7, 11) is 0. The van der Waals surface area contributed by atoms with Gasteiger partial charge in [0.1, 0.15) is 5.75 Å². The monoisotopic (exact) mass is 325 g/mol. The van der Waals surface area contributed by atoms with Crippen molar-refractivity contribution in [2.24, 2.45) is 5.73 Å². The van der Waals surface area contributed by atoms with E-state index in [1.165, 1.54) is 5.56 Å². The van der Waals surface area contributed by atoms with Crippen molar-refractivity contribution in [3.8, 4) is 5.75 Å². The average Bonchev–Trinajstić information content (AvgIpc) is 2.86. The topological polar surface area (TPSA) is 35.2 Å². The molecule has 2 aromatic rings. The molecule has 2 nitrogen and oxygen atoms in total. The van der Waals surface area contributed by atoms with Crippen molar-refractivity contribution >= 4 is 27.3 Å². The summed E-state index contributed by atoms with van der Waals surface area (Å²) in [4.78, 5) is 0. The van der Waals surface area contributed by atoms with Gasteiger partial charge in [0.05, 0.1) is 11.1 Å². The maximum Gasteiger partial charge on any atom is 0.136 e. The van der Waals surface area contributed by atoms with Crippen LogP contribution >= 0.6 is 27.3 Å². The van der Waals surface area contributed by atoms with Gasteiger partial charge in [-0.3, -0.25) is 0 Å². The number of nitrogens with two attached hydrogens (primary N) is 1. The Morgan fingerprint density at radius 1 is 1.22 bits per heavy atom. The molecule has 4 heteroatoms. The Labute approximate surface area is 120 Å². The van der Waals surface area contributed by atoms with Gasteiger partial charge in [0, 0.05) is 6.42 Å². The maximum absolute atomic E-state index is 5.90. The zero-order valence-electron chi connectivity index (χ0n) is 10.1. The van der Waals surface area contributed by atoms with Gasteiger partial charge >= 0.3 is 0 Å². The van der Waals surface area contributed by atoms with Gasteiger partial charge in [0.25, 0.3) is 0 Å². The molecule has 0 aliphatic carbocycles. The molecule has 0 aliphatic heterocycles. The third-order valence-corrected chi connectivity index (χ3v) is 4.04. The minimum Gasteiger partial charge on any atom is -0.492 e. The fourth-order valence-electron chi connectivity index (χ4n) is 1.77. The van der Waals surface area contributed by atoms with E-state index in [9.17, 15) is 0 Å². The summed E-state index contributed by atoms with van der Waals surface area (Å²) in [6.07, 6.45) is 1.78. The highest BCUT2D eigenvalue weighted by molar-refractivity contribution is 9.10. The SMILES string of the molecule is NCCc1cccc(Br)c1OCCc1ccsc1. The number of rotatable bonds is 6. The van der Waals surface area contributed by atoms with Gasteiger partial charge in [0.2, 0.25) is 0 Å². The molecule has 18 heavy (non-hydrogen) atoms. The van der Waals surface area contributed by atoms with E-state index >= 15 is 0 Å². The molecule has 1 aromatic heterocycles. The summed E-state index contributed by atoms with van der Waals surface area (Å²) in [6, 6.07) is 8.22. The Hall–Kier alpha value is -0.840. The lowest BCUT2D eigenvalue weighted by molar-refractivity contribution is 0.317. The summed E-state index contributed by atoms with van der Waals surface area (Å²) < 4.78 is 6.89. The van der Waals surface area contributed by atoms with Crippen molar-refractivity contribution in [2.45, 2.75) is 12.8 Å². The van der Waals surface area contributed by atoms with Crippen molar-refractivity contribution < 1.29 is 4.74 Å². The van der Waals surface area contributed by atoms with E-state index in [4.69, 9.17) is 10.5 Å². The number of hydrogen-bond acceptors (Lipinski definition) is 3. The lowest BCUT2D eigenvalue weighted by Crippen LogP contribution is -2.07.